The molecular formula is C9H15NO6S. The average Bonchev–Trinajstić information content (AvgIpc) is 2.22. The number of esters is 1. The van der Waals surface area contributed by atoms with E-state index in [2.05, 4.69) is 14.2 Å². The number of β-lactam (4-membered cyclic amide) rings is 1. The Hall–Kier alpha value is -1.15. The van der Waals surface area contributed by atoms with Gasteiger partial charge >= 0.3 is 5.97 Å². The van der Waals surface area contributed by atoms with Gasteiger partial charge in [-0.1, -0.05) is 0 Å². The van der Waals surface area contributed by atoms with Gasteiger partial charge in [-0.3, -0.25) is 8.98 Å². The number of amides is 1. The summed E-state index contributed by atoms with van der Waals surface area (Å²) < 4.78 is 30.4. The highest BCUT2D eigenvalue weighted by molar-refractivity contribution is 7.85. The monoisotopic (exact) mass is 265 g/mol. The molecular weight excluding hydrogens is 250 g/mol. The number of carbonyl (C=O) groups is 2. The zero-order chi connectivity index (χ0) is 13.1. The van der Waals surface area contributed by atoms with Crippen LogP contribution in [0.5, 0.6) is 0 Å². The van der Waals surface area contributed by atoms with E-state index in [9.17, 15) is 18.0 Å². The average molecular weight is 265 g/mol. The van der Waals surface area contributed by atoms with E-state index in [1.165, 1.54) is 7.11 Å². The van der Waals surface area contributed by atoms with Gasteiger partial charge in [-0.15, -0.1) is 0 Å². The van der Waals surface area contributed by atoms with Gasteiger partial charge < -0.3 is 10.1 Å². The lowest BCUT2D eigenvalue weighted by atomic mass is 9.86. The highest BCUT2D eigenvalue weighted by Crippen LogP contribution is 2.21. The molecule has 1 amide bonds. The van der Waals surface area contributed by atoms with Crippen molar-refractivity contribution >= 4 is 22.0 Å². The van der Waals surface area contributed by atoms with Crippen LogP contribution in [0.3, 0.4) is 0 Å². The van der Waals surface area contributed by atoms with Crippen molar-refractivity contribution in [1.29, 1.82) is 0 Å². The summed E-state index contributed by atoms with van der Waals surface area (Å²) in [5.74, 6) is -1.16. The molecule has 1 heterocycles. The van der Waals surface area contributed by atoms with Gasteiger partial charge in [-0.25, -0.2) is 4.79 Å². The fraction of sp³-hybridized carbons (Fsp3) is 0.778. The Labute approximate surface area is 99.6 Å². The Kier molecular flexibility index (Phi) is 4.47. The quantitative estimate of drug-likeness (QED) is 0.287. The van der Waals surface area contributed by atoms with Crippen LogP contribution in [0.4, 0.5) is 0 Å². The predicted octanol–water partition coefficient (Wildman–Crippen LogP) is -0.970. The number of nitrogens with one attached hydrogen (secondary N) is 1. The molecule has 0 aromatic rings. The van der Waals surface area contributed by atoms with Crippen molar-refractivity contribution in [3.63, 3.8) is 0 Å². The van der Waals surface area contributed by atoms with Crippen LogP contribution in [0.2, 0.25) is 0 Å². The molecule has 17 heavy (non-hydrogen) atoms. The fourth-order valence-corrected chi connectivity index (χ4v) is 2.00. The lowest BCUT2D eigenvalue weighted by Gasteiger charge is -2.34. The van der Waals surface area contributed by atoms with Crippen LogP contribution >= 0.6 is 0 Å². The second-order valence-corrected chi connectivity index (χ2v) is 5.43. The first-order chi connectivity index (χ1) is 7.85. The largest absolute Gasteiger partial charge is 0.467 e. The minimum atomic E-state index is -3.45. The van der Waals surface area contributed by atoms with Gasteiger partial charge in [-0.05, 0) is 12.8 Å². The highest BCUT2D eigenvalue weighted by Gasteiger charge is 2.44. The minimum absolute atomic E-state index is 0.0104. The maximum Gasteiger partial charge on any atom is 0.329 e. The molecule has 1 saturated heterocycles. The van der Waals surface area contributed by atoms with Gasteiger partial charge in [0.2, 0.25) is 5.91 Å². The molecule has 0 unspecified atom stereocenters. The van der Waals surface area contributed by atoms with Crippen molar-refractivity contribution in [3.05, 3.63) is 0 Å². The smallest absolute Gasteiger partial charge is 0.329 e. The number of hydrogen-bond acceptors (Lipinski definition) is 6. The van der Waals surface area contributed by atoms with Crippen LogP contribution in [0.15, 0.2) is 0 Å². The van der Waals surface area contributed by atoms with Crippen LogP contribution in [0, 0.1) is 5.92 Å². The molecule has 98 valence electrons. The van der Waals surface area contributed by atoms with E-state index in [4.69, 9.17) is 0 Å². The van der Waals surface area contributed by atoms with E-state index >= 15 is 0 Å². The van der Waals surface area contributed by atoms with E-state index in [1.54, 1.807) is 0 Å². The van der Waals surface area contributed by atoms with E-state index < -0.39 is 28.0 Å². The fourth-order valence-electron chi connectivity index (χ4n) is 1.58. The maximum atomic E-state index is 11.2. The number of hydrogen-bond donors (Lipinski definition) is 1. The Balaban J connectivity index is 2.31. The Morgan fingerprint density at radius 1 is 1.47 bits per heavy atom. The molecule has 1 aliphatic rings. The standard InChI is InChI=1S/C9H15NO6S/c1-15-9(12)7-6(8(11)10-7)4-3-5-16-17(2,13)14/h6-7H,3-5H2,1-2H3,(H,10,11)/t6-,7+/m0/s1. The lowest BCUT2D eigenvalue weighted by Crippen LogP contribution is -2.62. The van der Waals surface area contributed by atoms with Gasteiger partial charge in [0.25, 0.3) is 10.1 Å². The third-order valence-corrected chi connectivity index (χ3v) is 3.04. The van der Waals surface area contributed by atoms with Crippen molar-refractivity contribution in [2.75, 3.05) is 20.0 Å². The SMILES string of the molecule is COC(=O)[C@@H]1NC(=O)[C@H]1CCCOS(C)(=O)=O. The summed E-state index contributed by atoms with van der Waals surface area (Å²) >= 11 is 0. The molecule has 0 aromatic heterocycles. The second kappa shape index (κ2) is 5.46. The van der Waals surface area contributed by atoms with Crippen LogP contribution in [0.1, 0.15) is 12.8 Å². The first-order valence-electron chi connectivity index (χ1n) is 5.08. The van der Waals surface area contributed by atoms with E-state index in [0.29, 0.717) is 12.8 Å². The summed E-state index contributed by atoms with van der Waals surface area (Å²) in [6, 6.07) is -0.620. The summed E-state index contributed by atoms with van der Waals surface area (Å²) in [7, 11) is -2.20. The van der Waals surface area contributed by atoms with Crippen molar-refractivity contribution in [2.45, 2.75) is 18.9 Å². The van der Waals surface area contributed by atoms with Crippen molar-refractivity contribution < 1.29 is 26.9 Å². The summed E-state index contributed by atoms with van der Waals surface area (Å²) in [6.45, 7) is 0.0104. The van der Waals surface area contributed by atoms with Gasteiger partial charge in [0.05, 0.1) is 25.9 Å². The molecule has 1 fully saturated rings. The maximum absolute atomic E-state index is 11.2. The Bertz CT molecular complexity index is 404. The van der Waals surface area contributed by atoms with Crippen molar-refractivity contribution in [2.24, 2.45) is 5.92 Å². The van der Waals surface area contributed by atoms with E-state index in [1.807, 2.05) is 0 Å². The van der Waals surface area contributed by atoms with Crippen LogP contribution < -0.4 is 5.32 Å². The van der Waals surface area contributed by atoms with Gasteiger partial charge in [-0.2, -0.15) is 8.42 Å². The van der Waals surface area contributed by atoms with Crippen LogP contribution in [-0.2, 0) is 28.6 Å². The molecule has 8 heteroatoms. The predicted molar refractivity (Wildman–Crippen MR) is 57.5 cm³/mol. The molecule has 0 radical (unpaired) electrons. The molecule has 1 N–H and O–H groups in total. The lowest BCUT2D eigenvalue weighted by molar-refractivity contribution is -0.155. The van der Waals surface area contributed by atoms with Crippen LogP contribution in [-0.4, -0.2) is 46.3 Å². The molecule has 0 aliphatic carbocycles. The zero-order valence-corrected chi connectivity index (χ0v) is 10.5. The summed E-state index contributed by atoms with van der Waals surface area (Å²) in [5, 5.41) is 2.43. The molecule has 2 atom stereocenters. The molecule has 0 bridgehead atoms. The topological polar surface area (TPSA) is 98.8 Å². The highest BCUT2D eigenvalue weighted by atomic mass is 32.2. The first kappa shape index (κ1) is 13.9. The molecule has 0 spiro atoms. The number of rotatable bonds is 6. The third-order valence-electron chi connectivity index (χ3n) is 2.45. The van der Waals surface area contributed by atoms with Gasteiger partial charge in [0, 0.05) is 0 Å². The number of methoxy groups -OCH3 is 1. The van der Waals surface area contributed by atoms with E-state index in [0.717, 1.165) is 6.26 Å². The van der Waals surface area contributed by atoms with Gasteiger partial charge in [0.1, 0.15) is 6.04 Å². The summed E-state index contributed by atoms with van der Waals surface area (Å²) in [5.41, 5.74) is 0. The summed E-state index contributed by atoms with van der Waals surface area (Å²) in [6.07, 6.45) is 1.74. The normalized spacial score (nSPS) is 23.8. The molecule has 0 saturated carbocycles. The molecule has 7 nitrogen and oxygen atoms in total. The second-order valence-electron chi connectivity index (χ2n) is 3.78. The number of ether oxygens (including phenoxy) is 1. The Morgan fingerprint density at radius 3 is 2.59 bits per heavy atom. The number of carbonyl (C=O) groups excluding carboxylic acids is 2. The first-order valence-corrected chi connectivity index (χ1v) is 6.89. The summed E-state index contributed by atoms with van der Waals surface area (Å²) in [4.78, 5) is 22.4. The molecule has 1 aliphatic heterocycles. The Morgan fingerprint density at radius 2 is 2.12 bits per heavy atom. The third kappa shape index (κ3) is 3.97. The minimum Gasteiger partial charge on any atom is -0.467 e. The van der Waals surface area contributed by atoms with E-state index in [-0.39, 0.29) is 12.5 Å². The molecule has 0 aromatic carbocycles. The zero-order valence-electron chi connectivity index (χ0n) is 9.63. The van der Waals surface area contributed by atoms with Crippen molar-refractivity contribution in [3.8, 4) is 0 Å². The molecule has 1 rings (SSSR count). The van der Waals surface area contributed by atoms with Crippen molar-refractivity contribution in [1.82, 2.24) is 5.32 Å². The van der Waals surface area contributed by atoms with Crippen LogP contribution in [0.25, 0.3) is 0 Å². The van der Waals surface area contributed by atoms with Gasteiger partial charge in [0.15, 0.2) is 0 Å².